The third-order valence-corrected chi connectivity index (χ3v) is 5.30. The molecule has 0 aliphatic heterocycles. The van der Waals surface area contributed by atoms with E-state index in [0.29, 0.717) is 11.3 Å². The van der Waals surface area contributed by atoms with E-state index in [4.69, 9.17) is 0 Å². The Bertz CT molecular complexity index is 919. The molecule has 3 aromatic rings. The monoisotopic (exact) mass is 393 g/mol. The van der Waals surface area contributed by atoms with Crippen LogP contribution in [-0.2, 0) is 4.79 Å². The fourth-order valence-electron chi connectivity index (χ4n) is 2.85. The van der Waals surface area contributed by atoms with Gasteiger partial charge in [-0.25, -0.2) is 0 Å². The quantitative estimate of drug-likeness (QED) is 0.573. The van der Waals surface area contributed by atoms with Crippen molar-refractivity contribution in [3.8, 4) is 0 Å². The molecule has 0 spiro atoms. The standard InChI is InChI=1S/C22H23N3O2S/c1-15-5-7-16(8-6-15)21(19-4-3-13-28-19)24-14-20(26)25-18-11-9-17(10-12-18)22(27)23-2/h3-13,21,24H,14H2,1-2H3,(H,23,27)(H,25,26)/t21-/m0/s1. The molecule has 6 heteroatoms. The molecule has 0 unspecified atom stereocenters. The van der Waals surface area contributed by atoms with Gasteiger partial charge in [0.15, 0.2) is 0 Å². The lowest BCUT2D eigenvalue weighted by Crippen LogP contribution is -2.31. The summed E-state index contributed by atoms with van der Waals surface area (Å²) in [5.41, 5.74) is 3.53. The fraction of sp³-hybridized carbons (Fsp3) is 0.182. The summed E-state index contributed by atoms with van der Waals surface area (Å²) in [6.45, 7) is 2.23. The maximum absolute atomic E-state index is 12.4. The smallest absolute Gasteiger partial charge is 0.251 e. The van der Waals surface area contributed by atoms with Gasteiger partial charge in [0, 0.05) is 23.2 Å². The Morgan fingerprint density at radius 3 is 2.32 bits per heavy atom. The third kappa shape index (κ3) is 5.06. The van der Waals surface area contributed by atoms with Crippen molar-refractivity contribution in [3.05, 3.63) is 87.6 Å². The summed E-state index contributed by atoms with van der Waals surface area (Å²) < 4.78 is 0. The van der Waals surface area contributed by atoms with Gasteiger partial charge < -0.3 is 10.6 Å². The molecule has 3 N–H and O–H groups in total. The van der Waals surface area contributed by atoms with Gasteiger partial charge in [-0.2, -0.15) is 0 Å². The number of anilines is 1. The maximum atomic E-state index is 12.4. The molecule has 0 fully saturated rings. The highest BCUT2D eigenvalue weighted by molar-refractivity contribution is 7.10. The molecule has 2 amide bonds. The Hall–Kier alpha value is -2.96. The van der Waals surface area contributed by atoms with Crippen LogP contribution in [0.25, 0.3) is 0 Å². The van der Waals surface area contributed by atoms with Gasteiger partial charge in [0.05, 0.1) is 12.6 Å². The number of hydrogen-bond acceptors (Lipinski definition) is 4. The normalized spacial score (nSPS) is 11.6. The third-order valence-electron chi connectivity index (χ3n) is 4.36. The maximum Gasteiger partial charge on any atom is 0.251 e. The Morgan fingerprint density at radius 2 is 1.71 bits per heavy atom. The van der Waals surface area contributed by atoms with E-state index in [-0.39, 0.29) is 24.4 Å². The molecule has 1 atom stereocenters. The van der Waals surface area contributed by atoms with E-state index in [9.17, 15) is 9.59 Å². The second kappa shape index (κ2) is 9.30. The summed E-state index contributed by atoms with van der Waals surface area (Å²) in [6, 6.07) is 19.2. The number of carbonyl (C=O) groups excluding carboxylic acids is 2. The average Bonchev–Trinajstić information content (AvgIpc) is 3.24. The van der Waals surface area contributed by atoms with Gasteiger partial charge >= 0.3 is 0 Å². The molecule has 1 heterocycles. The molecule has 0 aliphatic carbocycles. The van der Waals surface area contributed by atoms with Crippen molar-refractivity contribution in [2.75, 3.05) is 18.9 Å². The van der Waals surface area contributed by atoms with Crippen molar-refractivity contribution >= 4 is 28.8 Å². The summed E-state index contributed by atoms with van der Waals surface area (Å²) in [7, 11) is 1.59. The molecule has 0 saturated heterocycles. The lowest BCUT2D eigenvalue weighted by Gasteiger charge is -2.18. The van der Waals surface area contributed by atoms with E-state index >= 15 is 0 Å². The average molecular weight is 394 g/mol. The van der Waals surface area contributed by atoms with Crippen LogP contribution in [0.2, 0.25) is 0 Å². The molecular formula is C22H23N3O2S. The number of thiophene rings is 1. The largest absolute Gasteiger partial charge is 0.355 e. The van der Waals surface area contributed by atoms with Gasteiger partial charge in [-0.1, -0.05) is 35.9 Å². The van der Waals surface area contributed by atoms with Crippen molar-refractivity contribution in [1.29, 1.82) is 0 Å². The first kappa shape index (κ1) is 19.8. The van der Waals surface area contributed by atoms with Gasteiger partial charge in [0.25, 0.3) is 5.91 Å². The van der Waals surface area contributed by atoms with E-state index in [0.717, 1.165) is 10.4 Å². The summed E-state index contributed by atoms with van der Waals surface area (Å²) >= 11 is 1.66. The second-order valence-corrected chi connectivity index (χ2v) is 7.42. The lowest BCUT2D eigenvalue weighted by molar-refractivity contribution is -0.115. The van der Waals surface area contributed by atoms with Crippen LogP contribution in [-0.4, -0.2) is 25.4 Å². The van der Waals surface area contributed by atoms with E-state index < -0.39 is 0 Å². The number of benzene rings is 2. The Kier molecular flexibility index (Phi) is 6.57. The summed E-state index contributed by atoms with van der Waals surface area (Å²) in [5.74, 6) is -0.294. The van der Waals surface area contributed by atoms with Crippen LogP contribution in [0, 0.1) is 6.92 Å². The number of hydrogen-bond donors (Lipinski definition) is 3. The summed E-state index contributed by atoms with van der Waals surface area (Å²) in [4.78, 5) is 25.1. The molecule has 28 heavy (non-hydrogen) atoms. The lowest BCUT2D eigenvalue weighted by atomic mass is 10.0. The van der Waals surface area contributed by atoms with E-state index in [1.54, 1.807) is 42.6 Å². The highest BCUT2D eigenvalue weighted by atomic mass is 32.1. The Morgan fingerprint density at radius 1 is 1.00 bits per heavy atom. The molecule has 0 bridgehead atoms. The molecule has 1 aromatic heterocycles. The first-order valence-corrected chi connectivity index (χ1v) is 9.90. The molecular weight excluding hydrogens is 370 g/mol. The van der Waals surface area contributed by atoms with Gasteiger partial charge in [-0.15, -0.1) is 11.3 Å². The first-order valence-electron chi connectivity index (χ1n) is 9.02. The van der Waals surface area contributed by atoms with Crippen molar-refractivity contribution in [2.24, 2.45) is 0 Å². The molecule has 5 nitrogen and oxygen atoms in total. The van der Waals surface area contributed by atoms with Gasteiger partial charge in [0.1, 0.15) is 0 Å². The van der Waals surface area contributed by atoms with Crippen LogP contribution < -0.4 is 16.0 Å². The molecule has 0 aliphatic rings. The van der Waals surface area contributed by atoms with Crippen molar-refractivity contribution < 1.29 is 9.59 Å². The summed E-state index contributed by atoms with van der Waals surface area (Å²) in [6.07, 6.45) is 0. The van der Waals surface area contributed by atoms with Gasteiger partial charge in [-0.3, -0.25) is 14.9 Å². The van der Waals surface area contributed by atoms with Crippen molar-refractivity contribution in [3.63, 3.8) is 0 Å². The summed E-state index contributed by atoms with van der Waals surface area (Å²) in [5, 5.41) is 10.8. The Balaban J connectivity index is 1.64. The van der Waals surface area contributed by atoms with E-state index in [1.165, 1.54) is 5.56 Å². The highest BCUT2D eigenvalue weighted by Crippen LogP contribution is 2.26. The topological polar surface area (TPSA) is 70.2 Å². The van der Waals surface area contributed by atoms with E-state index in [1.807, 2.05) is 11.4 Å². The zero-order valence-corrected chi connectivity index (χ0v) is 16.7. The molecule has 144 valence electrons. The SMILES string of the molecule is CNC(=O)c1ccc(NC(=O)CN[C@@H](c2ccc(C)cc2)c2cccs2)cc1. The number of nitrogens with one attached hydrogen (secondary N) is 3. The minimum atomic E-state index is -0.156. The van der Waals surface area contributed by atoms with Gasteiger partial charge in [0.2, 0.25) is 5.91 Å². The zero-order valence-electron chi connectivity index (χ0n) is 15.9. The van der Waals surface area contributed by atoms with Crippen LogP contribution in [0.5, 0.6) is 0 Å². The zero-order chi connectivity index (χ0) is 19.9. The Labute approximate surface area is 168 Å². The minimum absolute atomic E-state index is 0.0398. The second-order valence-electron chi connectivity index (χ2n) is 6.44. The van der Waals surface area contributed by atoms with Crippen LogP contribution in [0.3, 0.4) is 0 Å². The van der Waals surface area contributed by atoms with Crippen LogP contribution in [0.4, 0.5) is 5.69 Å². The number of carbonyl (C=O) groups is 2. The van der Waals surface area contributed by atoms with Gasteiger partial charge in [-0.05, 0) is 48.2 Å². The number of aryl methyl sites for hydroxylation is 1. The van der Waals surface area contributed by atoms with E-state index in [2.05, 4.69) is 53.2 Å². The minimum Gasteiger partial charge on any atom is -0.355 e. The van der Waals surface area contributed by atoms with Crippen LogP contribution >= 0.6 is 11.3 Å². The molecule has 3 rings (SSSR count). The van der Waals surface area contributed by atoms with Crippen LogP contribution in [0.1, 0.15) is 32.4 Å². The molecule has 0 saturated carbocycles. The van der Waals surface area contributed by atoms with Crippen molar-refractivity contribution in [2.45, 2.75) is 13.0 Å². The molecule has 2 aromatic carbocycles. The fourth-order valence-corrected chi connectivity index (χ4v) is 3.67. The number of rotatable bonds is 7. The molecule has 0 radical (unpaired) electrons. The predicted octanol–water partition coefficient (Wildman–Crippen LogP) is 3.73. The van der Waals surface area contributed by atoms with Crippen LogP contribution in [0.15, 0.2) is 66.0 Å². The highest BCUT2D eigenvalue weighted by Gasteiger charge is 2.16. The van der Waals surface area contributed by atoms with Crippen molar-refractivity contribution in [1.82, 2.24) is 10.6 Å². The predicted molar refractivity (Wildman–Crippen MR) is 114 cm³/mol. The first-order chi connectivity index (χ1) is 13.6. The number of amides is 2.